The summed E-state index contributed by atoms with van der Waals surface area (Å²) in [6.07, 6.45) is 1.82. The summed E-state index contributed by atoms with van der Waals surface area (Å²) in [6, 6.07) is 24.7. The Kier molecular flexibility index (Phi) is 11.0. The molecule has 6 heteroatoms. The minimum absolute atomic E-state index is 0.0282. The predicted octanol–water partition coefficient (Wildman–Crippen LogP) is 7.06. The fraction of sp³-hybridized carbons (Fsp3) is 0.303. The number of allylic oxidation sites excluding steroid dienone is 2. The van der Waals surface area contributed by atoms with Crippen molar-refractivity contribution in [1.82, 2.24) is 0 Å². The molecule has 6 nitrogen and oxygen atoms in total. The van der Waals surface area contributed by atoms with Crippen LogP contribution in [-0.2, 0) is 20.9 Å². The van der Waals surface area contributed by atoms with E-state index in [1.54, 1.807) is 6.92 Å². The fourth-order valence-electron chi connectivity index (χ4n) is 4.51. The summed E-state index contributed by atoms with van der Waals surface area (Å²) < 4.78 is 16.6. The van der Waals surface area contributed by atoms with Gasteiger partial charge in [-0.25, -0.2) is 0 Å². The normalized spacial score (nSPS) is 12.2. The van der Waals surface area contributed by atoms with Gasteiger partial charge in [0.25, 0.3) is 0 Å². The first-order valence-corrected chi connectivity index (χ1v) is 13.2. The number of ketones is 1. The number of nitrogens with one attached hydrogen (secondary N) is 1. The molecule has 0 aliphatic carbocycles. The van der Waals surface area contributed by atoms with Crippen LogP contribution in [0.5, 0.6) is 11.5 Å². The second kappa shape index (κ2) is 14.7. The van der Waals surface area contributed by atoms with Crippen LogP contribution in [0, 0.1) is 5.41 Å². The minimum atomic E-state index is -0.369. The molecule has 0 aliphatic heterocycles. The quantitative estimate of drug-likeness (QED) is 0.138. The van der Waals surface area contributed by atoms with E-state index >= 15 is 0 Å². The van der Waals surface area contributed by atoms with Crippen LogP contribution >= 0.6 is 0 Å². The number of esters is 1. The highest BCUT2D eigenvalue weighted by molar-refractivity contribution is 5.99. The van der Waals surface area contributed by atoms with Crippen molar-refractivity contribution in [2.45, 2.75) is 52.6 Å². The van der Waals surface area contributed by atoms with Crippen molar-refractivity contribution in [2.24, 2.45) is 0 Å². The van der Waals surface area contributed by atoms with Crippen molar-refractivity contribution >= 4 is 17.5 Å². The lowest BCUT2D eigenvalue weighted by Gasteiger charge is -2.21. The maximum atomic E-state index is 12.6. The number of methoxy groups -OCH3 is 1. The number of Topliss-reactive ketones (excluding diaryl/α,β-unsaturated/α-hetero) is 1. The average molecular weight is 528 g/mol. The highest BCUT2D eigenvalue weighted by Crippen LogP contribution is 2.33. The predicted molar refractivity (Wildman–Crippen MR) is 154 cm³/mol. The van der Waals surface area contributed by atoms with E-state index in [0.717, 1.165) is 35.1 Å². The van der Waals surface area contributed by atoms with Crippen molar-refractivity contribution in [3.05, 3.63) is 107 Å². The fourth-order valence-corrected chi connectivity index (χ4v) is 4.51. The molecule has 204 valence electrons. The Morgan fingerprint density at radius 3 is 2.05 bits per heavy atom. The summed E-state index contributed by atoms with van der Waals surface area (Å²) in [6.45, 7) is 6.16. The molecule has 0 radical (unpaired) electrons. The van der Waals surface area contributed by atoms with Crippen molar-refractivity contribution in [2.75, 3.05) is 13.7 Å². The molecule has 0 bridgehead atoms. The molecule has 0 spiro atoms. The Morgan fingerprint density at radius 1 is 0.846 bits per heavy atom. The van der Waals surface area contributed by atoms with Gasteiger partial charge in [-0.3, -0.25) is 9.59 Å². The van der Waals surface area contributed by atoms with E-state index in [1.807, 2.05) is 85.8 Å². The Balaban J connectivity index is 1.63. The lowest BCUT2D eigenvalue weighted by Crippen LogP contribution is -2.16. The van der Waals surface area contributed by atoms with Crippen LogP contribution in [0.15, 0.2) is 90.0 Å². The van der Waals surface area contributed by atoms with Crippen LogP contribution < -0.4 is 9.47 Å². The molecule has 3 aromatic carbocycles. The third-order valence-corrected chi connectivity index (χ3v) is 6.53. The first-order chi connectivity index (χ1) is 18.8. The number of carbonyl (C=O) groups is 2. The Morgan fingerprint density at radius 2 is 1.46 bits per heavy atom. The molecule has 3 aromatic rings. The highest BCUT2D eigenvalue weighted by Gasteiger charge is 2.25. The minimum Gasteiger partial charge on any atom is -0.489 e. The van der Waals surface area contributed by atoms with Crippen LogP contribution in [0.25, 0.3) is 0 Å². The third-order valence-electron chi connectivity index (χ3n) is 6.53. The summed E-state index contributed by atoms with van der Waals surface area (Å²) in [5.74, 6) is 0.623. The first-order valence-electron chi connectivity index (χ1n) is 13.2. The van der Waals surface area contributed by atoms with Crippen LogP contribution in [0.1, 0.15) is 62.6 Å². The van der Waals surface area contributed by atoms with Gasteiger partial charge in [0.05, 0.1) is 19.2 Å². The molecular weight excluding hydrogens is 490 g/mol. The molecule has 0 aliphatic rings. The topological polar surface area (TPSA) is 85.7 Å². The van der Waals surface area contributed by atoms with Crippen LogP contribution in [0.2, 0.25) is 0 Å². The van der Waals surface area contributed by atoms with Gasteiger partial charge in [0.2, 0.25) is 0 Å². The molecule has 1 unspecified atom stereocenters. The highest BCUT2D eigenvalue weighted by atomic mass is 16.5. The summed E-state index contributed by atoms with van der Waals surface area (Å²) in [5.41, 5.74) is 4.79. The van der Waals surface area contributed by atoms with Gasteiger partial charge in [-0.2, -0.15) is 0 Å². The van der Waals surface area contributed by atoms with Gasteiger partial charge in [-0.15, -0.1) is 0 Å². The van der Waals surface area contributed by atoms with Gasteiger partial charge in [-0.05, 0) is 61.2 Å². The van der Waals surface area contributed by atoms with Gasteiger partial charge < -0.3 is 19.6 Å². The molecule has 0 fully saturated rings. The molecule has 0 amide bonds. The molecule has 0 heterocycles. The molecule has 1 N–H and O–H groups in total. The lowest BCUT2D eigenvalue weighted by molar-refractivity contribution is -0.140. The zero-order valence-corrected chi connectivity index (χ0v) is 23.2. The first kappa shape index (κ1) is 29.4. The van der Waals surface area contributed by atoms with E-state index in [4.69, 9.17) is 19.6 Å². The van der Waals surface area contributed by atoms with E-state index < -0.39 is 0 Å². The van der Waals surface area contributed by atoms with Gasteiger partial charge in [0.15, 0.2) is 5.78 Å². The second-order valence-corrected chi connectivity index (χ2v) is 9.47. The number of hydrogen-bond acceptors (Lipinski definition) is 6. The molecule has 0 aromatic heterocycles. The Labute approximate surface area is 231 Å². The van der Waals surface area contributed by atoms with Gasteiger partial charge >= 0.3 is 5.97 Å². The van der Waals surface area contributed by atoms with Crippen molar-refractivity contribution in [1.29, 1.82) is 5.41 Å². The van der Waals surface area contributed by atoms with Crippen molar-refractivity contribution < 1.29 is 23.8 Å². The van der Waals surface area contributed by atoms with Crippen LogP contribution in [0.4, 0.5) is 0 Å². The number of rotatable bonds is 14. The van der Waals surface area contributed by atoms with Gasteiger partial charge in [0, 0.05) is 11.5 Å². The number of carbonyl (C=O) groups excluding carboxylic acids is 2. The number of hydrogen-bond donors (Lipinski definition) is 1. The zero-order valence-electron chi connectivity index (χ0n) is 23.2. The average Bonchev–Trinajstić information content (AvgIpc) is 2.95. The number of ether oxygens (including phenoxy) is 3. The largest absolute Gasteiger partial charge is 0.489 e. The maximum absolute atomic E-state index is 12.6. The monoisotopic (exact) mass is 527 g/mol. The van der Waals surface area contributed by atoms with E-state index in [0.29, 0.717) is 29.4 Å². The van der Waals surface area contributed by atoms with Gasteiger partial charge in [-0.1, -0.05) is 73.5 Å². The summed E-state index contributed by atoms with van der Waals surface area (Å²) in [5, 5.41) is 8.16. The zero-order chi connectivity index (χ0) is 28.2. The summed E-state index contributed by atoms with van der Waals surface area (Å²) in [7, 11) is 1.36. The number of benzene rings is 3. The maximum Gasteiger partial charge on any atom is 0.306 e. The molecular formula is C33H37NO5. The molecule has 39 heavy (non-hydrogen) atoms. The molecule has 1 atom stereocenters. The van der Waals surface area contributed by atoms with Crippen LogP contribution in [0.3, 0.4) is 0 Å². The summed E-state index contributed by atoms with van der Waals surface area (Å²) >= 11 is 0. The second-order valence-electron chi connectivity index (χ2n) is 9.47. The Hall–Kier alpha value is -4.19. The lowest BCUT2D eigenvalue weighted by atomic mass is 9.83. The SMILES string of the molecule is CCC/C(C)=C(\C(C)=O)C(CC(=O)OC)c1ccc(OCc2ccc(OCC(=N)c3ccccc3)cc2)cc1. The van der Waals surface area contributed by atoms with E-state index in [-0.39, 0.29) is 30.7 Å². The third kappa shape index (κ3) is 8.67. The van der Waals surface area contributed by atoms with Crippen LogP contribution in [-0.4, -0.2) is 31.2 Å². The summed E-state index contributed by atoms with van der Waals surface area (Å²) in [4.78, 5) is 24.8. The standard InChI is InChI=1S/C33H37NO5/c1-5-9-23(2)33(24(3)35)30(20-32(36)37-4)26-14-18-29(19-15-26)38-21-25-12-16-28(17-13-25)39-22-31(34)27-10-7-6-8-11-27/h6-8,10-19,30,34H,5,9,20-22H2,1-4H3/b33-23+,34-31?. The molecule has 0 saturated heterocycles. The van der Waals surface area contributed by atoms with Crippen molar-refractivity contribution in [3.8, 4) is 11.5 Å². The van der Waals surface area contributed by atoms with Gasteiger partial charge in [0.1, 0.15) is 24.7 Å². The smallest absolute Gasteiger partial charge is 0.306 e. The molecule has 0 saturated carbocycles. The van der Waals surface area contributed by atoms with E-state index in [2.05, 4.69) is 6.92 Å². The van der Waals surface area contributed by atoms with Crippen molar-refractivity contribution in [3.63, 3.8) is 0 Å². The van der Waals surface area contributed by atoms with E-state index in [1.165, 1.54) is 7.11 Å². The van der Waals surface area contributed by atoms with E-state index in [9.17, 15) is 9.59 Å². The Bertz CT molecular complexity index is 1280. The molecule has 3 rings (SSSR count).